The van der Waals surface area contributed by atoms with E-state index < -0.39 is 0 Å². The van der Waals surface area contributed by atoms with Gasteiger partial charge in [-0.2, -0.15) is 0 Å². The lowest BCUT2D eigenvalue weighted by Gasteiger charge is -2.10. The number of rotatable bonds is 6. The van der Waals surface area contributed by atoms with Gasteiger partial charge in [-0.3, -0.25) is 0 Å². The summed E-state index contributed by atoms with van der Waals surface area (Å²) in [5.74, 6) is 0.650. The van der Waals surface area contributed by atoms with Crippen LogP contribution in [0.15, 0.2) is 0 Å². The van der Waals surface area contributed by atoms with Gasteiger partial charge in [-0.1, -0.05) is 0 Å². The molecule has 90 valence electrons. The first-order valence-electron chi connectivity index (χ1n) is 5.50. The Bertz CT molecular complexity index is 350. The average Bonchev–Trinajstić information content (AvgIpc) is 3.03. The van der Waals surface area contributed by atoms with Crippen LogP contribution in [0.2, 0.25) is 0 Å². The Morgan fingerprint density at radius 3 is 2.75 bits per heavy atom. The first kappa shape index (κ1) is 12.0. The molecule has 1 heterocycles. The Morgan fingerprint density at radius 2 is 2.25 bits per heavy atom. The number of hydrogen-bond acceptors (Lipinski definition) is 5. The van der Waals surface area contributed by atoms with Gasteiger partial charge in [0.25, 0.3) is 0 Å². The van der Waals surface area contributed by atoms with Crippen LogP contribution in [-0.2, 0) is 22.6 Å². The van der Waals surface area contributed by atoms with Gasteiger partial charge >= 0.3 is 0 Å². The number of methoxy groups -OCH3 is 2. The molecule has 0 radical (unpaired) electrons. The molecule has 1 aromatic heterocycles. The molecule has 0 bridgehead atoms. The van der Waals surface area contributed by atoms with Crippen molar-refractivity contribution in [2.45, 2.75) is 32.1 Å². The predicted molar refractivity (Wildman–Crippen MR) is 63.2 cm³/mol. The van der Waals surface area contributed by atoms with Crippen molar-refractivity contribution in [3.63, 3.8) is 0 Å². The summed E-state index contributed by atoms with van der Waals surface area (Å²) < 4.78 is 10.6. The second-order valence-corrected chi connectivity index (χ2v) is 5.17. The van der Waals surface area contributed by atoms with E-state index in [-0.39, 0.29) is 6.10 Å². The van der Waals surface area contributed by atoms with Crippen LogP contribution in [0.1, 0.15) is 34.5 Å². The smallest absolute Gasteiger partial charge is 0.122 e. The molecule has 0 aliphatic heterocycles. The molecule has 1 unspecified atom stereocenters. The summed E-state index contributed by atoms with van der Waals surface area (Å²) in [5, 5.41) is 1.05. The molecular weight excluding hydrogens is 224 g/mol. The summed E-state index contributed by atoms with van der Waals surface area (Å²) >= 11 is 1.66. The van der Waals surface area contributed by atoms with Gasteiger partial charge in [-0.05, 0) is 18.8 Å². The fourth-order valence-electron chi connectivity index (χ4n) is 1.83. The zero-order chi connectivity index (χ0) is 11.5. The Balaban J connectivity index is 2.19. The second kappa shape index (κ2) is 5.23. The van der Waals surface area contributed by atoms with Gasteiger partial charge in [-0.15, -0.1) is 11.3 Å². The third-order valence-corrected chi connectivity index (χ3v) is 3.99. The van der Waals surface area contributed by atoms with E-state index in [2.05, 4.69) is 4.98 Å². The van der Waals surface area contributed by atoms with Crippen LogP contribution in [0.4, 0.5) is 0 Å². The van der Waals surface area contributed by atoms with E-state index in [0.29, 0.717) is 19.1 Å². The zero-order valence-electron chi connectivity index (χ0n) is 9.73. The number of aromatic nitrogens is 1. The van der Waals surface area contributed by atoms with Crippen molar-refractivity contribution in [2.75, 3.05) is 14.2 Å². The molecule has 0 aromatic carbocycles. The van der Waals surface area contributed by atoms with Gasteiger partial charge in [0.15, 0.2) is 0 Å². The molecule has 16 heavy (non-hydrogen) atoms. The summed E-state index contributed by atoms with van der Waals surface area (Å²) in [4.78, 5) is 5.70. The molecule has 1 aromatic rings. The van der Waals surface area contributed by atoms with Crippen LogP contribution >= 0.6 is 11.3 Å². The molecule has 1 fully saturated rings. The van der Waals surface area contributed by atoms with Crippen LogP contribution < -0.4 is 5.73 Å². The molecule has 1 atom stereocenters. The maximum Gasteiger partial charge on any atom is 0.122 e. The van der Waals surface area contributed by atoms with Gasteiger partial charge in [0, 0.05) is 25.6 Å². The van der Waals surface area contributed by atoms with Crippen LogP contribution in [0.3, 0.4) is 0 Å². The topological polar surface area (TPSA) is 57.4 Å². The van der Waals surface area contributed by atoms with Crippen LogP contribution in [0.5, 0.6) is 0 Å². The van der Waals surface area contributed by atoms with Crippen molar-refractivity contribution < 1.29 is 9.47 Å². The van der Waals surface area contributed by atoms with Gasteiger partial charge in [0.05, 0.1) is 12.3 Å². The average molecular weight is 242 g/mol. The van der Waals surface area contributed by atoms with E-state index >= 15 is 0 Å². The predicted octanol–water partition coefficient (Wildman–Crippen LogP) is 1.85. The molecule has 1 aliphatic carbocycles. The number of thiazole rings is 1. The monoisotopic (exact) mass is 242 g/mol. The summed E-state index contributed by atoms with van der Waals surface area (Å²) in [6.45, 7) is 1.06. The number of hydrogen-bond donors (Lipinski definition) is 1. The highest BCUT2D eigenvalue weighted by Gasteiger charge is 2.34. The van der Waals surface area contributed by atoms with Crippen molar-refractivity contribution in [1.29, 1.82) is 0 Å². The van der Waals surface area contributed by atoms with Crippen molar-refractivity contribution in [1.82, 2.24) is 4.98 Å². The second-order valence-electron chi connectivity index (χ2n) is 4.05. The highest BCUT2D eigenvalue weighted by Crippen LogP contribution is 2.44. The minimum atomic E-state index is 0.154. The quantitative estimate of drug-likeness (QED) is 0.827. The van der Waals surface area contributed by atoms with Crippen LogP contribution in [0, 0.1) is 5.92 Å². The molecule has 4 nitrogen and oxygen atoms in total. The minimum Gasteiger partial charge on any atom is -0.378 e. The lowest BCUT2D eigenvalue weighted by Crippen LogP contribution is -2.03. The highest BCUT2D eigenvalue weighted by atomic mass is 32.1. The van der Waals surface area contributed by atoms with Gasteiger partial charge in [0.2, 0.25) is 0 Å². The lowest BCUT2D eigenvalue weighted by atomic mass is 10.2. The molecule has 0 saturated heterocycles. The third-order valence-electron chi connectivity index (χ3n) is 2.81. The standard InChI is InChI=1S/C11H18N2O2S/c1-14-6-8-9(5-12)16-11(13-8)10(15-2)7-3-4-7/h7,10H,3-6,12H2,1-2H3. The first-order valence-corrected chi connectivity index (χ1v) is 6.32. The van der Waals surface area contributed by atoms with Crippen molar-refractivity contribution >= 4 is 11.3 Å². The Morgan fingerprint density at radius 1 is 1.50 bits per heavy atom. The molecular formula is C11H18N2O2S. The van der Waals surface area contributed by atoms with Gasteiger partial charge in [-0.25, -0.2) is 4.98 Å². The largest absolute Gasteiger partial charge is 0.378 e. The first-order chi connectivity index (χ1) is 7.80. The van der Waals surface area contributed by atoms with E-state index in [9.17, 15) is 0 Å². The fourth-order valence-corrected chi connectivity index (χ4v) is 2.95. The summed E-state index contributed by atoms with van der Waals surface area (Å²) in [6, 6.07) is 0. The molecule has 1 aliphatic rings. The molecule has 0 spiro atoms. The molecule has 0 amide bonds. The highest BCUT2D eigenvalue weighted by molar-refractivity contribution is 7.11. The van der Waals surface area contributed by atoms with Gasteiger partial charge in [0.1, 0.15) is 11.1 Å². The Kier molecular flexibility index (Phi) is 3.91. The zero-order valence-corrected chi connectivity index (χ0v) is 10.5. The summed E-state index contributed by atoms with van der Waals surface area (Å²) in [5.41, 5.74) is 6.67. The van der Waals surface area contributed by atoms with E-state index in [4.69, 9.17) is 15.2 Å². The maximum atomic E-state index is 5.70. The summed E-state index contributed by atoms with van der Waals surface area (Å²) in [7, 11) is 3.43. The minimum absolute atomic E-state index is 0.154. The number of nitrogens with zero attached hydrogens (tertiary/aromatic N) is 1. The van der Waals surface area contributed by atoms with E-state index in [1.807, 2.05) is 0 Å². The fraction of sp³-hybridized carbons (Fsp3) is 0.727. The van der Waals surface area contributed by atoms with Crippen molar-refractivity contribution in [3.05, 3.63) is 15.6 Å². The van der Waals surface area contributed by atoms with Crippen molar-refractivity contribution in [3.8, 4) is 0 Å². The van der Waals surface area contributed by atoms with E-state index in [0.717, 1.165) is 15.6 Å². The lowest BCUT2D eigenvalue weighted by molar-refractivity contribution is 0.0839. The molecule has 2 rings (SSSR count). The Labute approximate surface area is 99.8 Å². The molecule has 5 heteroatoms. The van der Waals surface area contributed by atoms with E-state index in [1.54, 1.807) is 25.6 Å². The third kappa shape index (κ3) is 2.43. The maximum absolute atomic E-state index is 5.70. The normalized spacial score (nSPS) is 17.7. The van der Waals surface area contributed by atoms with Crippen molar-refractivity contribution in [2.24, 2.45) is 11.7 Å². The van der Waals surface area contributed by atoms with Crippen LogP contribution in [-0.4, -0.2) is 19.2 Å². The summed E-state index contributed by atoms with van der Waals surface area (Å²) in [6.07, 6.45) is 2.64. The molecule has 1 saturated carbocycles. The Hall–Kier alpha value is -0.490. The van der Waals surface area contributed by atoms with E-state index in [1.165, 1.54) is 12.8 Å². The van der Waals surface area contributed by atoms with Gasteiger partial charge < -0.3 is 15.2 Å². The number of ether oxygens (including phenoxy) is 2. The number of nitrogens with two attached hydrogens (primary N) is 1. The SMILES string of the molecule is COCc1nc(C(OC)C2CC2)sc1CN. The van der Waals surface area contributed by atoms with Crippen LogP contribution in [0.25, 0.3) is 0 Å². The molecule has 2 N–H and O–H groups in total.